The van der Waals surface area contributed by atoms with Gasteiger partial charge in [0.1, 0.15) is 0 Å². The summed E-state index contributed by atoms with van der Waals surface area (Å²) >= 11 is 0. The van der Waals surface area contributed by atoms with Gasteiger partial charge in [-0.25, -0.2) is 4.79 Å². The van der Waals surface area contributed by atoms with E-state index in [1.807, 2.05) is 0 Å². The van der Waals surface area contributed by atoms with E-state index in [9.17, 15) is 4.79 Å². The van der Waals surface area contributed by atoms with Crippen LogP contribution in [0.2, 0.25) is 0 Å². The number of carboxylic acids is 1. The van der Waals surface area contributed by atoms with E-state index >= 15 is 0 Å². The first kappa shape index (κ1) is 8.45. The third-order valence-electron chi connectivity index (χ3n) is 1.56. The molecule has 1 heterocycles. The molecule has 0 spiro atoms. The Balaban J connectivity index is 2.49. The lowest BCUT2D eigenvalue weighted by Gasteiger charge is -2.27. The van der Waals surface area contributed by atoms with Crippen LogP contribution in [0.5, 0.6) is 0 Å². The standard InChI is InChI=1S/C6H10O5/c7-3-1-4(6(9)10)11-5(8)2-3/h3-5,7-8H,1-2H2,(H,9,10)/t3-,4-,5+/m1/s1. The Hall–Kier alpha value is -0.650. The maximum Gasteiger partial charge on any atom is 0.333 e. The van der Waals surface area contributed by atoms with E-state index in [1.54, 1.807) is 0 Å². The number of hydrogen-bond donors (Lipinski definition) is 3. The summed E-state index contributed by atoms with van der Waals surface area (Å²) in [6.07, 6.45) is -2.87. The second-order valence-corrected chi connectivity index (χ2v) is 2.54. The fourth-order valence-electron chi connectivity index (χ4n) is 1.04. The molecule has 0 amide bonds. The molecule has 0 aromatic heterocycles. The second kappa shape index (κ2) is 3.17. The van der Waals surface area contributed by atoms with Crippen molar-refractivity contribution in [2.75, 3.05) is 0 Å². The number of ether oxygens (including phenoxy) is 1. The van der Waals surface area contributed by atoms with Crippen molar-refractivity contribution in [3.63, 3.8) is 0 Å². The minimum atomic E-state index is -1.15. The van der Waals surface area contributed by atoms with Crippen LogP contribution in [0.4, 0.5) is 0 Å². The summed E-state index contributed by atoms with van der Waals surface area (Å²) in [6.45, 7) is 0. The maximum atomic E-state index is 10.3. The van der Waals surface area contributed by atoms with Crippen LogP contribution in [0.1, 0.15) is 12.8 Å². The number of aliphatic hydroxyl groups is 2. The van der Waals surface area contributed by atoms with Crippen LogP contribution in [-0.4, -0.2) is 39.8 Å². The molecule has 0 aromatic carbocycles. The van der Waals surface area contributed by atoms with Crippen molar-refractivity contribution in [1.29, 1.82) is 0 Å². The molecule has 11 heavy (non-hydrogen) atoms. The predicted octanol–water partition coefficient (Wildman–Crippen LogP) is -1.07. The Morgan fingerprint density at radius 2 is 2.00 bits per heavy atom. The van der Waals surface area contributed by atoms with Gasteiger partial charge < -0.3 is 20.1 Å². The predicted molar refractivity (Wildman–Crippen MR) is 33.8 cm³/mol. The molecule has 1 saturated heterocycles. The molecule has 0 aliphatic carbocycles. The van der Waals surface area contributed by atoms with Crippen molar-refractivity contribution < 1.29 is 24.9 Å². The highest BCUT2D eigenvalue weighted by Crippen LogP contribution is 2.17. The largest absolute Gasteiger partial charge is 0.479 e. The van der Waals surface area contributed by atoms with Gasteiger partial charge in [-0.05, 0) is 0 Å². The molecule has 3 N–H and O–H groups in total. The average molecular weight is 162 g/mol. The van der Waals surface area contributed by atoms with Crippen molar-refractivity contribution >= 4 is 5.97 Å². The molecule has 0 radical (unpaired) electrons. The summed E-state index contributed by atoms with van der Waals surface area (Å²) in [4.78, 5) is 10.3. The fourth-order valence-corrected chi connectivity index (χ4v) is 1.04. The van der Waals surface area contributed by atoms with Crippen molar-refractivity contribution in [3.05, 3.63) is 0 Å². The second-order valence-electron chi connectivity index (χ2n) is 2.54. The quantitative estimate of drug-likeness (QED) is 0.457. The van der Waals surface area contributed by atoms with Crippen LogP contribution in [0.3, 0.4) is 0 Å². The minimum Gasteiger partial charge on any atom is -0.479 e. The fraction of sp³-hybridized carbons (Fsp3) is 0.833. The van der Waals surface area contributed by atoms with Crippen LogP contribution in [0, 0.1) is 0 Å². The highest BCUT2D eigenvalue weighted by atomic mass is 16.6. The molecule has 1 aliphatic heterocycles. The average Bonchev–Trinajstić information content (AvgIpc) is 1.85. The van der Waals surface area contributed by atoms with E-state index in [4.69, 9.17) is 15.3 Å². The summed E-state index contributed by atoms with van der Waals surface area (Å²) in [6, 6.07) is 0. The van der Waals surface area contributed by atoms with Crippen molar-refractivity contribution in [2.24, 2.45) is 0 Å². The molecule has 5 heteroatoms. The molecular weight excluding hydrogens is 152 g/mol. The van der Waals surface area contributed by atoms with Crippen LogP contribution in [-0.2, 0) is 9.53 Å². The van der Waals surface area contributed by atoms with Gasteiger partial charge in [-0.3, -0.25) is 0 Å². The van der Waals surface area contributed by atoms with Crippen molar-refractivity contribution in [1.82, 2.24) is 0 Å². The van der Waals surface area contributed by atoms with E-state index in [0.29, 0.717) is 0 Å². The summed E-state index contributed by atoms with van der Waals surface area (Å²) in [5.41, 5.74) is 0. The molecule has 1 aliphatic rings. The van der Waals surface area contributed by atoms with E-state index in [-0.39, 0.29) is 12.8 Å². The molecule has 0 unspecified atom stereocenters. The third-order valence-corrected chi connectivity index (χ3v) is 1.56. The number of carbonyl (C=O) groups is 1. The first-order chi connectivity index (χ1) is 5.09. The summed E-state index contributed by atoms with van der Waals surface area (Å²) in [7, 11) is 0. The minimum absolute atomic E-state index is 0.0480. The molecule has 0 aromatic rings. The van der Waals surface area contributed by atoms with E-state index in [1.165, 1.54) is 0 Å². The smallest absolute Gasteiger partial charge is 0.333 e. The summed E-state index contributed by atoms with van der Waals surface area (Å²) in [5, 5.41) is 26.3. The highest BCUT2D eigenvalue weighted by Gasteiger charge is 2.31. The zero-order chi connectivity index (χ0) is 8.43. The lowest BCUT2D eigenvalue weighted by atomic mass is 10.1. The molecule has 3 atom stereocenters. The number of aliphatic hydroxyl groups excluding tert-OH is 2. The van der Waals surface area contributed by atoms with Gasteiger partial charge in [0.05, 0.1) is 6.10 Å². The molecule has 1 rings (SSSR count). The van der Waals surface area contributed by atoms with Gasteiger partial charge >= 0.3 is 5.97 Å². The number of aliphatic carboxylic acids is 1. The Bertz CT molecular complexity index is 147. The Kier molecular flexibility index (Phi) is 2.43. The van der Waals surface area contributed by atoms with Crippen molar-refractivity contribution in [2.45, 2.75) is 31.3 Å². The third kappa shape index (κ3) is 2.14. The lowest BCUT2D eigenvalue weighted by Crippen LogP contribution is -2.39. The van der Waals surface area contributed by atoms with Gasteiger partial charge in [-0.2, -0.15) is 0 Å². The van der Waals surface area contributed by atoms with Gasteiger partial charge in [-0.1, -0.05) is 0 Å². The van der Waals surface area contributed by atoms with Crippen LogP contribution >= 0.6 is 0 Å². The summed E-state index contributed by atoms with van der Waals surface area (Å²) in [5.74, 6) is -1.15. The van der Waals surface area contributed by atoms with Crippen molar-refractivity contribution in [3.8, 4) is 0 Å². The van der Waals surface area contributed by atoms with Gasteiger partial charge in [0, 0.05) is 12.8 Å². The first-order valence-corrected chi connectivity index (χ1v) is 3.34. The Labute approximate surface area is 63.2 Å². The number of rotatable bonds is 1. The number of carboxylic acid groups (broad SMARTS) is 1. The number of hydrogen-bond acceptors (Lipinski definition) is 4. The molecule has 1 fully saturated rings. The Morgan fingerprint density at radius 1 is 1.36 bits per heavy atom. The van der Waals surface area contributed by atoms with Gasteiger partial charge in [-0.15, -0.1) is 0 Å². The van der Waals surface area contributed by atoms with E-state index < -0.39 is 24.5 Å². The molecule has 64 valence electrons. The molecule has 0 bridgehead atoms. The first-order valence-electron chi connectivity index (χ1n) is 3.34. The molecule has 5 nitrogen and oxygen atoms in total. The lowest BCUT2D eigenvalue weighted by molar-refractivity contribution is -0.203. The van der Waals surface area contributed by atoms with E-state index in [0.717, 1.165) is 0 Å². The maximum absolute atomic E-state index is 10.3. The zero-order valence-electron chi connectivity index (χ0n) is 5.80. The van der Waals surface area contributed by atoms with Gasteiger partial charge in [0.2, 0.25) is 0 Å². The van der Waals surface area contributed by atoms with Crippen LogP contribution < -0.4 is 0 Å². The van der Waals surface area contributed by atoms with Gasteiger partial charge in [0.15, 0.2) is 12.4 Å². The normalized spacial score (nSPS) is 38.5. The van der Waals surface area contributed by atoms with Crippen LogP contribution in [0.25, 0.3) is 0 Å². The summed E-state index contributed by atoms with van der Waals surface area (Å²) < 4.78 is 4.61. The van der Waals surface area contributed by atoms with Crippen LogP contribution in [0.15, 0.2) is 0 Å². The monoisotopic (exact) mass is 162 g/mol. The molecule has 0 saturated carbocycles. The molecular formula is C6H10O5. The highest BCUT2D eigenvalue weighted by molar-refractivity contribution is 5.72. The van der Waals surface area contributed by atoms with E-state index in [2.05, 4.69) is 4.74 Å². The topological polar surface area (TPSA) is 87.0 Å². The zero-order valence-corrected chi connectivity index (χ0v) is 5.80. The Morgan fingerprint density at radius 3 is 2.45 bits per heavy atom. The SMILES string of the molecule is O=C(O)[C@H]1C[C@@H](O)C[C@@H](O)O1. The van der Waals surface area contributed by atoms with Gasteiger partial charge in [0.25, 0.3) is 0 Å².